The molecular formula is C12H20N2O2S. The lowest BCUT2D eigenvalue weighted by Crippen LogP contribution is -2.39. The van der Waals surface area contributed by atoms with Gasteiger partial charge in [-0.1, -0.05) is 6.07 Å². The fourth-order valence-corrected chi connectivity index (χ4v) is 2.26. The quantitative estimate of drug-likeness (QED) is 0.683. The van der Waals surface area contributed by atoms with E-state index in [0.717, 1.165) is 6.42 Å². The Morgan fingerprint density at radius 2 is 2.41 bits per heavy atom. The molecule has 0 aliphatic rings. The van der Waals surface area contributed by atoms with Gasteiger partial charge in [-0.05, 0) is 24.8 Å². The van der Waals surface area contributed by atoms with Gasteiger partial charge in [0.1, 0.15) is 0 Å². The van der Waals surface area contributed by atoms with Crippen molar-refractivity contribution in [2.45, 2.75) is 19.4 Å². The standard InChI is InChI=1S/C12H20N2O2S/c1-10(8-11-4-3-7-17-11)14-9-12(15)13-5-6-16-2/h3-4,7,10,14H,5-6,8-9H2,1-2H3,(H,13,15). The maximum absolute atomic E-state index is 11.4. The molecule has 0 bridgehead atoms. The first kappa shape index (κ1) is 14.2. The molecule has 0 aromatic carbocycles. The Morgan fingerprint density at radius 1 is 1.59 bits per heavy atom. The summed E-state index contributed by atoms with van der Waals surface area (Å²) in [4.78, 5) is 12.7. The third-order valence-electron chi connectivity index (χ3n) is 2.33. The second-order valence-electron chi connectivity index (χ2n) is 3.91. The van der Waals surface area contributed by atoms with E-state index in [1.54, 1.807) is 18.4 Å². The Bertz CT molecular complexity index is 314. The van der Waals surface area contributed by atoms with Crippen molar-refractivity contribution in [1.82, 2.24) is 10.6 Å². The first-order chi connectivity index (χ1) is 8.22. The highest BCUT2D eigenvalue weighted by atomic mass is 32.1. The molecule has 0 aliphatic heterocycles. The molecule has 5 heteroatoms. The Labute approximate surface area is 106 Å². The summed E-state index contributed by atoms with van der Waals surface area (Å²) in [5.41, 5.74) is 0. The molecule has 1 heterocycles. The fraction of sp³-hybridized carbons (Fsp3) is 0.583. The number of carbonyl (C=O) groups excluding carboxylic acids is 1. The van der Waals surface area contributed by atoms with Crippen molar-refractivity contribution in [2.24, 2.45) is 0 Å². The molecule has 1 rings (SSSR count). The van der Waals surface area contributed by atoms with Crippen LogP contribution in [-0.2, 0) is 16.0 Å². The third-order valence-corrected chi connectivity index (χ3v) is 3.23. The van der Waals surface area contributed by atoms with Gasteiger partial charge in [-0.15, -0.1) is 11.3 Å². The second-order valence-corrected chi connectivity index (χ2v) is 4.94. The Morgan fingerprint density at radius 3 is 3.06 bits per heavy atom. The summed E-state index contributed by atoms with van der Waals surface area (Å²) in [6.45, 7) is 3.56. The summed E-state index contributed by atoms with van der Waals surface area (Å²) in [7, 11) is 1.62. The van der Waals surface area contributed by atoms with Gasteiger partial charge in [0.2, 0.25) is 5.91 Å². The van der Waals surface area contributed by atoms with Gasteiger partial charge in [0.05, 0.1) is 13.2 Å². The number of methoxy groups -OCH3 is 1. The van der Waals surface area contributed by atoms with Gasteiger partial charge in [0, 0.05) is 24.6 Å². The van der Waals surface area contributed by atoms with Crippen LogP contribution >= 0.6 is 11.3 Å². The van der Waals surface area contributed by atoms with Gasteiger partial charge in [-0.3, -0.25) is 4.79 Å². The lowest BCUT2D eigenvalue weighted by Gasteiger charge is -2.12. The number of nitrogens with one attached hydrogen (secondary N) is 2. The van der Waals surface area contributed by atoms with Crippen LogP contribution in [0.1, 0.15) is 11.8 Å². The number of amides is 1. The summed E-state index contributed by atoms with van der Waals surface area (Å²) in [5.74, 6) is 0.0140. The molecule has 0 radical (unpaired) electrons. The molecule has 0 saturated carbocycles. The molecule has 4 nitrogen and oxygen atoms in total. The van der Waals surface area contributed by atoms with E-state index < -0.39 is 0 Å². The van der Waals surface area contributed by atoms with Crippen LogP contribution in [-0.4, -0.2) is 38.8 Å². The fourth-order valence-electron chi connectivity index (χ4n) is 1.42. The smallest absolute Gasteiger partial charge is 0.234 e. The summed E-state index contributed by atoms with van der Waals surface area (Å²) in [6, 6.07) is 4.47. The number of rotatable bonds is 8. The van der Waals surface area contributed by atoms with Crippen LogP contribution in [0.2, 0.25) is 0 Å². The first-order valence-corrected chi connectivity index (χ1v) is 6.61. The topological polar surface area (TPSA) is 50.4 Å². The molecule has 1 aromatic rings. The van der Waals surface area contributed by atoms with E-state index in [0.29, 0.717) is 25.7 Å². The van der Waals surface area contributed by atoms with Gasteiger partial charge in [-0.2, -0.15) is 0 Å². The van der Waals surface area contributed by atoms with E-state index in [9.17, 15) is 4.79 Å². The highest BCUT2D eigenvalue weighted by Gasteiger charge is 2.06. The zero-order valence-corrected chi connectivity index (χ0v) is 11.2. The highest BCUT2D eigenvalue weighted by molar-refractivity contribution is 7.09. The van der Waals surface area contributed by atoms with E-state index >= 15 is 0 Å². The SMILES string of the molecule is COCCNC(=O)CNC(C)Cc1cccs1. The second kappa shape index (κ2) is 8.22. The van der Waals surface area contributed by atoms with Gasteiger partial charge in [0.25, 0.3) is 0 Å². The minimum atomic E-state index is 0.0140. The molecule has 0 aliphatic carbocycles. The van der Waals surface area contributed by atoms with Gasteiger partial charge >= 0.3 is 0 Å². The van der Waals surface area contributed by atoms with E-state index in [2.05, 4.69) is 29.0 Å². The average molecular weight is 256 g/mol. The first-order valence-electron chi connectivity index (χ1n) is 5.73. The van der Waals surface area contributed by atoms with E-state index in [-0.39, 0.29) is 5.91 Å². The normalized spacial score (nSPS) is 12.4. The average Bonchev–Trinajstić information content (AvgIpc) is 2.79. The monoisotopic (exact) mass is 256 g/mol. The lowest BCUT2D eigenvalue weighted by atomic mass is 10.2. The van der Waals surface area contributed by atoms with Crippen molar-refractivity contribution in [3.8, 4) is 0 Å². The molecule has 1 unspecified atom stereocenters. The molecule has 0 fully saturated rings. The molecule has 96 valence electrons. The largest absolute Gasteiger partial charge is 0.383 e. The van der Waals surface area contributed by atoms with Crippen molar-refractivity contribution < 1.29 is 9.53 Å². The highest BCUT2D eigenvalue weighted by Crippen LogP contribution is 2.10. The van der Waals surface area contributed by atoms with Crippen LogP contribution < -0.4 is 10.6 Å². The Balaban J connectivity index is 2.10. The van der Waals surface area contributed by atoms with E-state index in [4.69, 9.17) is 4.74 Å². The number of carbonyl (C=O) groups is 1. The number of ether oxygens (including phenoxy) is 1. The Hall–Kier alpha value is -0.910. The predicted molar refractivity (Wildman–Crippen MR) is 70.4 cm³/mol. The van der Waals surface area contributed by atoms with E-state index in [1.807, 2.05) is 6.07 Å². The van der Waals surface area contributed by atoms with Crippen molar-refractivity contribution in [2.75, 3.05) is 26.8 Å². The lowest BCUT2D eigenvalue weighted by molar-refractivity contribution is -0.120. The van der Waals surface area contributed by atoms with Crippen LogP contribution in [0.4, 0.5) is 0 Å². The van der Waals surface area contributed by atoms with Crippen molar-refractivity contribution in [1.29, 1.82) is 0 Å². The minimum absolute atomic E-state index is 0.0140. The molecule has 17 heavy (non-hydrogen) atoms. The molecule has 0 saturated heterocycles. The van der Waals surface area contributed by atoms with Gasteiger partial charge in [0.15, 0.2) is 0 Å². The summed E-state index contributed by atoms with van der Waals surface area (Å²) in [5, 5.41) is 8.04. The maximum atomic E-state index is 11.4. The number of thiophene rings is 1. The van der Waals surface area contributed by atoms with Crippen LogP contribution in [0, 0.1) is 0 Å². The number of hydrogen-bond acceptors (Lipinski definition) is 4. The molecule has 2 N–H and O–H groups in total. The van der Waals surface area contributed by atoms with Crippen LogP contribution in [0.25, 0.3) is 0 Å². The van der Waals surface area contributed by atoms with Crippen LogP contribution in [0.3, 0.4) is 0 Å². The van der Waals surface area contributed by atoms with Crippen molar-refractivity contribution in [3.63, 3.8) is 0 Å². The van der Waals surface area contributed by atoms with Gasteiger partial charge < -0.3 is 15.4 Å². The minimum Gasteiger partial charge on any atom is -0.383 e. The summed E-state index contributed by atoms with van der Waals surface area (Å²) in [6.07, 6.45) is 0.961. The zero-order chi connectivity index (χ0) is 12.5. The summed E-state index contributed by atoms with van der Waals surface area (Å²) >= 11 is 1.75. The molecule has 1 atom stereocenters. The molecule has 0 spiro atoms. The Kier molecular flexibility index (Phi) is 6.84. The van der Waals surface area contributed by atoms with Crippen molar-refractivity contribution >= 4 is 17.2 Å². The van der Waals surface area contributed by atoms with E-state index in [1.165, 1.54) is 4.88 Å². The third kappa shape index (κ3) is 6.41. The van der Waals surface area contributed by atoms with Crippen LogP contribution in [0.15, 0.2) is 17.5 Å². The molecular weight excluding hydrogens is 236 g/mol. The molecule has 1 amide bonds. The van der Waals surface area contributed by atoms with Crippen LogP contribution in [0.5, 0.6) is 0 Å². The van der Waals surface area contributed by atoms with Gasteiger partial charge in [-0.25, -0.2) is 0 Å². The summed E-state index contributed by atoms with van der Waals surface area (Å²) < 4.78 is 4.85. The zero-order valence-electron chi connectivity index (χ0n) is 10.4. The maximum Gasteiger partial charge on any atom is 0.234 e. The predicted octanol–water partition coefficient (Wildman–Crippen LogP) is 1.03. The number of hydrogen-bond donors (Lipinski definition) is 2. The molecule has 1 aromatic heterocycles. The van der Waals surface area contributed by atoms with Crippen molar-refractivity contribution in [3.05, 3.63) is 22.4 Å².